The van der Waals surface area contributed by atoms with Crippen molar-refractivity contribution in [2.75, 3.05) is 0 Å². The maximum absolute atomic E-state index is 3.80. The van der Waals surface area contributed by atoms with E-state index >= 15 is 0 Å². The summed E-state index contributed by atoms with van der Waals surface area (Å²) in [5.74, 6) is 1.54. The van der Waals surface area contributed by atoms with E-state index < -0.39 is 0 Å². The molecule has 0 aromatic carbocycles. The van der Waals surface area contributed by atoms with Crippen LogP contribution in [0.15, 0.2) is 12.7 Å². The van der Waals surface area contributed by atoms with Gasteiger partial charge in [-0.3, -0.25) is 0 Å². The van der Waals surface area contributed by atoms with Crippen LogP contribution < -0.4 is 0 Å². The van der Waals surface area contributed by atoms with Crippen molar-refractivity contribution in [1.82, 2.24) is 0 Å². The minimum atomic E-state index is 0.460. The molecule has 51 valence electrons. The van der Waals surface area contributed by atoms with Gasteiger partial charge in [0.25, 0.3) is 0 Å². The highest BCUT2D eigenvalue weighted by molar-refractivity contribution is 5.18. The molecule has 0 spiro atoms. The molecule has 0 amide bonds. The molecule has 0 saturated heterocycles. The molecule has 0 unspecified atom stereocenters. The predicted molar refractivity (Wildman–Crippen MR) is 41.1 cm³/mol. The molecule has 0 aliphatic heterocycles. The lowest BCUT2D eigenvalue weighted by Crippen LogP contribution is -2.12. The van der Waals surface area contributed by atoms with Gasteiger partial charge in [-0.05, 0) is 18.3 Å². The van der Waals surface area contributed by atoms with Crippen LogP contribution >= 0.6 is 0 Å². The highest BCUT2D eigenvalue weighted by atomic mass is 14.4. The first-order chi connectivity index (χ1) is 4.17. The summed E-state index contributed by atoms with van der Waals surface area (Å²) in [6.45, 7) is 8.41. The van der Waals surface area contributed by atoms with Crippen LogP contribution in [0.3, 0.4) is 0 Å². The Bertz CT molecular complexity index is 111. The van der Waals surface area contributed by atoms with E-state index in [0.717, 1.165) is 0 Å². The van der Waals surface area contributed by atoms with Crippen molar-refractivity contribution in [1.29, 1.82) is 0 Å². The number of hydrogen-bond donors (Lipinski definition) is 0. The number of hydrogen-bond acceptors (Lipinski definition) is 0. The van der Waals surface area contributed by atoms with Gasteiger partial charge in [-0.25, -0.2) is 0 Å². The minimum Gasteiger partial charge on any atom is -0.102 e. The molecule has 1 saturated carbocycles. The standard InChI is InChI=1S/C9H15/c1-4-8-6-5-7-9(8,2)3/h4H,1,5-7H2,2-3H3. The lowest BCUT2D eigenvalue weighted by molar-refractivity contribution is 0.429. The third kappa shape index (κ3) is 1.17. The zero-order valence-electron chi connectivity index (χ0n) is 6.41. The van der Waals surface area contributed by atoms with Crippen molar-refractivity contribution in [3.8, 4) is 0 Å². The van der Waals surface area contributed by atoms with E-state index in [-0.39, 0.29) is 0 Å². The molecule has 0 atom stereocenters. The molecule has 1 radical (unpaired) electrons. The topological polar surface area (TPSA) is 0 Å². The van der Waals surface area contributed by atoms with Crippen molar-refractivity contribution < 1.29 is 0 Å². The van der Waals surface area contributed by atoms with Gasteiger partial charge in [0.1, 0.15) is 0 Å². The van der Waals surface area contributed by atoms with Crippen molar-refractivity contribution in [3.63, 3.8) is 0 Å². The lowest BCUT2D eigenvalue weighted by atomic mass is 9.82. The largest absolute Gasteiger partial charge is 0.102 e. The first kappa shape index (κ1) is 6.85. The average molecular weight is 123 g/mol. The van der Waals surface area contributed by atoms with E-state index in [1.54, 1.807) is 5.92 Å². The maximum Gasteiger partial charge on any atom is 0.00261 e. The van der Waals surface area contributed by atoms with E-state index in [0.29, 0.717) is 5.41 Å². The molecular weight excluding hydrogens is 108 g/mol. The fourth-order valence-electron chi connectivity index (χ4n) is 1.60. The Kier molecular flexibility index (Phi) is 1.65. The van der Waals surface area contributed by atoms with Crippen molar-refractivity contribution >= 4 is 0 Å². The second-order valence-corrected chi connectivity index (χ2v) is 3.47. The van der Waals surface area contributed by atoms with Gasteiger partial charge in [-0.1, -0.05) is 26.3 Å². The molecule has 0 bridgehead atoms. The average Bonchev–Trinajstić information content (AvgIpc) is 2.08. The predicted octanol–water partition coefficient (Wildman–Crippen LogP) is 2.96. The van der Waals surface area contributed by atoms with Crippen LogP contribution in [0.4, 0.5) is 0 Å². The minimum absolute atomic E-state index is 0.460. The van der Waals surface area contributed by atoms with E-state index in [9.17, 15) is 0 Å². The van der Waals surface area contributed by atoms with E-state index in [1.807, 2.05) is 6.08 Å². The van der Waals surface area contributed by atoms with Gasteiger partial charge in [0.15, 0.2) is 0 Å². The molecular formula is C9H15. The summed E-state index contributed by atoms with van der Waals surface area (Å²) in [5, 5.41) is 0. The fraction of sp³-hybridized carbons (Fsp3) is 0.667. The van der Waals surface area contributed by atoms with Crippen LogP contribution in [0.2, 0.25) is 0 Å². The summed E-state index contributed by atoms with van der Waals surface area (Å²) in [5.41, 5.74) is 0.460. The molecule has 1 aliphatic rings. The molecule has 9 heavy (non-hydrogen) atoms. The molecule has 0 aromatic rings. The van der Waals surface area contributed by atoms with Gasteiger partial charge in [0, 0.05) is 5.92 Å². The summed E-state index contributed by atoms with van der Waals surface area (Å²) in [6.07, 6.45) is 6.01. The van der Waals surface area contributed by atoms with Crippen LogP contribution in [0, 0.1) is 11.3 Å². The zero-order valence-corrected chi connectivity index (χ0v) is 6.41. The summed E-state index contributed by atoms with van der Waals surface area (Å²) in [7, 11) is 0. The first-order valence-electron chi connectivity index (χ1n) is 3.65. The van der Waals surface area contributed by atoms with Gasteiger partial charge < -0.3 is 0 Å². The van der Waals surface area contributed by atoms with Gasteiger partial charge in [0.05, 0.1) is 0 Å². The van der Waals surface area contributed by atoms with Crippen LogP contribution in [-0.4, -0.2) is 0 Å². The van der Waals surface area contributed by atoms with Crippen molar-refractivity contribution in [2.45, 2.75) is 33.1 Å². The Morgan fingerprint density at radius 2 is 2.22 bits per heavy atom. The van der Waals surface area contributed by atoms with Gasteiger partial charge in [0.2, 0.25) is 0 Å². The summed E-state index contributed by atoms with van der Waals surface area (Å²) >= 11 is 0. The van der Waals surface area contributed by atoms with Crippen LogP contribution in [0.5, 0.6) is 0 Å². The van der Waals surface area contributed by atoms with E-state index in [4.69, 9.17) is 0 Å². The fourth-order valence-corrected chi connectivity index (χ4v) is 1.60. The highest BCUT2D eigenvalue weighted by Gasteiger charge is 2.32. The monoisotopic (exact) mass is 123 g/mol. The molecule has 0 heteroatoms. The Labute approximate surface area is 58.0 Å². The van der Waals surface area contributed by atoms with Crippen LogP contribution in [0.1, 0.15) is 33.1 Å². The number of allylic oxidation sites excluding steroid dienone is 1. The molecule has 1 fully saturated rings. The normalized spacial score (nSPS) is 26.4. The molecule has 0 aromatic heterocycles. The summed E-state index contributed by atoms with van der Waals surface area (Å²) in [4.78, 5) is 0. The number of rotatable bonds is 1. The smallest absolute Gasteiger partial charge is 0.00261 e. The van der Waals surface area contributed by atoms with Crippen molar-refractivity contribution in [3.05, 3.63) is 18.6 Å². The van der Waals surface area contributed by atoms with Gasteiger partial charge in [-0.2, -0.15) is 0 Å². The summed E-state index contributed by atoms with van der Waals surface area (Å²) < 4.78 is 0. The Morgan fingerprint density at radius 1 is 1.56 bits per heavy atom. The Hall–Kier alpha value is -0.260. The zero-order chi connectivity index (χ0) is 6.91. The van der Waals surface area contributed by atoms with Crippen LogP contribution in [-0.2, 0) is 0 Å². The van der Waals surface area contributed by atoms with Gasteiger partial charge >= 0.3 is 0 Å². The second kappa shape index (κ2) is 2.17. The molecule has 0 nitrogen and oxygen atoms in total. The molecule has 1 rings (SSSR count). The second-order valence-electron chi connectivity index (χ2n) is 3.47. The molecule has 1 aliphatic carbocycles. The quantitative estimate of drug-likeness (QED) is 0.503. The first-order valence-corrected chi connectivity index (χ1v) is 3.65. The highest BCUT2D eigenvalue weighted by Crippen LogP contribution is 2.44. The van der Waals surface area contributed by atoms with E-state index in [2.05, 4.69) is 20.4 Å². The Morgan fingerprint density at radius 3 is 2.44 bits per heavy atom. The van der Waals surface area contributed by atoms with Crippen molar-refractivity contribution in [2.24, 2.45) is 5.41 Å². The Balaban J connectivity index is 2.62. The SMILES string of the molecule is C=C[C]1CCCC1(C)C. The lowest BCUT2D eigenvalue weighted by Gasteiger charge is -2.22. The van der Waals surface area contributed by atoms with Gasteiger partial charge in [-0.15, -0.1) is 6.58 Å². The molecule has 0 heterocycles. The van der Waals surface area contributed by atoms with Crippen LogP contribution in [0.25, 0.3) is 0 Å². The summed E-state index contributed by atoms with van der Waals surface area (Å²) in [6, 6.07) is 0. The maximum atomic E-state index is 3.80. The van der Waals surface area contributed by atoms with E-state index in [1.165, 1.54) is 19.3 Å². The third-order valence-corrected chi connectivity index (χ3v) is 2.36. The molecule has 0 N–H and O–H groups in total. The third-order valence-electron chi connectivity index (χ3n) is 2.36.